The van der Waals surface area contributed by atoms with Crippen LogP contribution < -0.4 is 0 Å². The predicted octanol–water partition coefficient (Wildman–Crippen LogP) is -0.0225. The molecule has 0 aliphatic rings. The molecular formula is Cu4TcZn4+16. The number of rotatable bonds is 0. The van der Waals surface area contributed by atoms with Crippen LogP contribution in [-0.4, -0.2) is 0 Å². The average molecular weight is 614 g/mol. The first-order valence-corrected chi connectivity index (χ1v) is 0. The molecule has 0 aliphatic carbocycles. The van der Waals surface area contributed by atoms with E-state index in [9.17, 15) is 0 Å². The standard InChI is InChI=1S/4Cu.Tc.4Zn/q4*+2;;4*+2. The maximum absolute atomic E-state index is 0. The molecule has 0 N–H and O–H groups in total. The summed E-state index contributed by atoms with van der Waals surface area (Å²) in [6.45, 7) is 0. The SMILES string of the molecule is [Cu+2].[Cu+2].[Cu+2].[Cu+2].[Tc].[Zn+2].[Zn+2].[Zn+2].[Zn+2]. The van der Waals surface area contributed by atoms with Crippen molar-refractivity contribution in [3.05, 3.63) is 0 Å². The fraction of sp³-hybridized carbons (Fsp3) is 0. The van der Waals surface area contributed by atoms with E-state index in [1.807, 2.05) is 0 Å². The minimum absolute atomic E-state index is 0. The molecule has 0 heterocycles. The van der Waals surface area contributed by atoms with E-state index in [0.29, 0.717) is 0 Å². The van der Waals surface area contributed by atoms with Crippen LogP contribution in [0.15, 0.2) is 0 Å². The molecule has 0 unspecified atom stereocenters. The van der Waals surface area contributed by atoms with E-state index in [0.717, 1.165) is 0 Å². The Kier molecular flexibility index (Phi) is 734. The van der Waals surface area contributed by atoms with Crippen molar-refractivity contribution in [2.75, 3.05) is 0 Å². The van der Waals surface area contributed by atoms with Crippen LogP contribution in [0.4, 0.5) is 0 Å². The zero-order valence-electron chi connectivity index (χ0n) is 4.41. The summed E-state index contributed by atoms with van der Waals surface area (Å²) in [5.74, 6) is 0. The van der Waals surface area contributed by atoms with E-state index in [1.165, 1.54) is 0 Å². The van der Waals surface area contributed by atoms with Gasteiger partial charge < -0.3 is 0 Å². The van der Waals surface area contributed by atoms with Crippen molar-refractivity contribution in [3.63, 3.8) is 0 Å². The molecule has 0 rings (SSSR count). The third kappa shape index (κ3) is 61.1. The Morgan fingerprint density at radius 1 is 0.333 bits per heavy atom. The number of hydrogen-bond acceptors (Lipinski definition) is 0. The molecular weight excluding hydrogens is 614 g/mol. The van der Waals surface area contributed by atoms with Crippen molar-refractivity contribution in [1.29, 1.82) is 0 Å². The Bertz CT molecular complexity index is 12.5. The normalized spacial score (nSPS) is 0. The van der Waals surface area contributed by atoms with Gasteiger partial charge in [-0.25, -0.2) is 0 Å². The topological polar surface area (TPSA) is 0 Å². The summed E-state index contributed by atoms with van der Waals surface area (Å²) in [6.07, 6.45) is 0. The van der Waals surface area contributed by atoms with Gasteiger partial charge in [0.1, 0.15) is 0 Å². The summed E-state index contributed by atoms with van der Waals surface area (Å²) >= 11 is 0. The molecule has 0 aromatic carbocycles. The van der Waals surface area contributed by atoms with Crippen molar-refractivity contribution in [1.82, 2.24) is 0 Å². The van der Waals surface area contributed by atoms with E-state index in [2.05, 4.69) is 0 Å². The first-order chi connectivity index (χ1) is 0. The van der Waals surface area contributed by atoms with Crippen molar-refractivity contribution >= 4 is 0 Å². The summed E-state index contributed by atoms with van der Waals surface area (Å²) in [7, 11) is 0. The maximum Gasteiger partial charge on any atom is 2.00 e. The molecule has 9 heteroatoms. The fourth-order valence-electron chi connectivity index (χ4n) is 0. The second-order valence-corrected chi connectivity index (χ2v) is 0. The van der Waals surface area contributed by atoms with Crippen LogP contribution in [0.1, 0.15) is 0 Å². The van der Waals surface area contributed by atoms with E-state index >= 15 is 0 Å². The first kappa shape index (κ1) is 91.2. The Morgan fingerprint density at radius 3 is 0.333 bits per heavy atom. The summed E-state index contributed by atoms with van der Waals surface area (Å²) in [5.41, 5.74) is 0. The molecule has 0 nitrogen and oxygen atoms in total. The van der Waals surface area contributed by atoms with Gasteiger partial charge in [0, 0.05) is 20.1 Å². The van der Waals surface area contributed by atoms with Gasteiger partial charge in [-0.1, -0.05) is 0 Å². The molecule has 0 aromatic rings. The zero-order valence-corrected chi connectivity index (χ0v) is 21.9. The maximum atomic E-state index is 0. The predicted molar refractivity (Wildman–Crippen MR) is 0 cm³/mol. The van der Waals surface area contributed by atoms with Crippen LogP contribution in [0.5, 0.6) is 0 Å². The van der Waals surface area contributed by atoms with Gasteiger partial charge in [0.2, 0.25) is 0 Å². The summed E-state index contributed by atoms with van der Waals surface area (Å²) < 4.78 is 0. The third-order valence-corrected chi connectivity index (χ3v) is 0. The average Bonchev–Trinajstić information content (AvgIpc) is 0. The molecule has 9 heavy (non-hydrogen) atoms. The third-order valence-electron chi connectivity index (χ3n) is 0. The van der Waals surface area contributed by atoms with Crippen molar-refractivity contribution < 1.29 is 166 Å². The molecule has 43 valence electrons. The second kappa shape index (κ2) is 72.4. The van der Waals surface area contributed by atoms with Gasteiger partial charge >= 0.3 is 146 Å². The van der Waals surface area contributed by atoms with Gasteiger partial charge in [-0.15, -0.1) is 0 Å². The quantitative estimate of drug-likeness (QED) is 0.337. The molecule has 0 aliphatic heterocycles. The summed E-state index contributed by atoms with van der Waals surface area (Å²) in [4.78, 5) is 0. The molecule has 0 spiro atoms. The Labute approximate surface area is 163 Å². The van der Waals surface area contributed by atoms with Crippen LogP contribution >= 0.6 is 0 Å². The fourth-order valence-corrected chi connectivity index (χ4v) is 0. The zero-order chi connectivity index (χ0) is 0. The molecule has 0 bridgehead atoms. The van der Waals surface area contributed by atoms with Crippen molar-refractivity contribution in [2.24, 2.45) is 0 Å². The van der Waals surface area contributed by atoms with E-state index in [-0.39, 0.29) is 166 Å². The van der Waals surface area contributed by atoms with E-state index in [4.69, 9.17) is 0 Å². The minimum Gasteiger partial charge on any atom is 0 e. The second-order valence-electron chi connectivity index (χ2n) is 0. The van der Waals surface area contributed by atoms with Gasteiger partial charge in [0.25, 0.3) is 0 Å². The van der Waals surface area contributed by atoms with Crippen LogP contribution in [0.2, 0.25) is 0 Å². The molecule has 0 amide bonds. The molecule has 0 fully saturated rings. The van der Waals surface area contributed by atoms with Gasteiger partial charge in [0.05, 0.1) is 0 Å². The number of hydrogen-bond donors (Lipinski definition) is 0. The smallest absolute Gasteiger partial charge is 0 e. The Hall–Kier alpha value is 5.22. The summed E-state index contributed by atoms with van der Waals surface area (Å²) in [6, 6.07) is 0. The molecule has 5 radical (unpaired) electrons. The van der Waals surface area contributed by atoms with E-state index < -0.39 is 0 Å². The van der Waals surface area contributed by atoms with Crippen molar-refractivity contribution in [3.8, 4) is 0 Å². The molecule has 0 atom stereocenters. The first-order valence-electron chi connectivity index (χ1n) is 0. The Morgan fingerprint density at radius 2 is 0.333 bits per heavy atom. The molecule has 0 saturated carbocycles. The van der Waals surface area contributed by atoms with Gasteiger partial charge in [0.15, 0.2) is 0 Å². The minimum atomic E-state index is 0. The van der Waals surface area contributed by atoms with Gasteiger partial charge in [-0.2, -0.15) is 0 Å². The largest absolute Gasteiger partial charge is 2.00 e. The molecule has 0 aromatic heterocycles. The van der Waals surface area contributed by atoms with Crippen molar-refractivity contribution in [2.45, 2.75) is 0 Å². The van der Waals surface area contributed by atoms with Crippen LogP contribution in [-0.2, 0) is 166 Å². The van der Waals surface area contributed by atoms with Crippen LogP contribution in [0.3, 0.4) is 0 Å². The van der Waals surface area contributed by atoms with Gasteiger partial charge in [-0.3, -0.25) is 0 Å². The Balaban J connectivity index is 0. The monoisotopic (exact) mass is 604 g/mol. The van der Waals surface area contributed by atoms with Gasteiger partial charge in [-0.05, 0) is 0 Å². The van der Waals surface area contributed by atoms with Crippen LogP contribution in [0, 0.1) is 0 Å². The molecule has 0 saturated heterocycles. The summed E-state index contributed by atoms with van der Waals surface area (Å²) in [5, 5.41) is 0. The van der Waals surface area contributed by atoms with E-state index in [1.54, 1.807) is 0 Å². The van der Waals surface area contributed by atoms with Crippen LogP contribution in [0.25, 0.3) is 0 Å².